The van der Waals surface area contributed by atoms with Crippen molar-refractivity contribution >= 4 is 110 Å². The Morgan fingerprint density at radius 2 is 1.41 bits per heavy atom. The minimum absolute atomic E-state index is 0.0103. The third-order valence-electron chi connectivity index (χ3n) is 5.42. The summed E-state index contributed by atoms with van der Waals surface area (Å²) in [4.78, 5) is 54.2. The largest absolute Gasteiger partial charge is 0.497 e. The number of nitrogens with zero attached hydrogens (tertiary/aromatic N) is 2. The van der Waals surface area contributed by atoms with Crippen LogP contribution in [0.3, 0.4) is 0 Å². The van der Waals surface area contributed by atoms with E-state index in [4.69, 9.17) is 27.9 Å². The zero-order valence-corrected chi connectivity index (χ0v) is 26.3. The highest BCUT2D eigenvalue weighted by atomic mass is 79.9. The standard InChI is InChI=1S/C24H12Br4Cl2N2O5/c1-37-12-5-2-10(3-6-12)15(33)9-31(22(34)13-7-4-11(29)8-14(13)30)32-23(35)16-17(24(32)36)19(26)21(28)20(27)18(16)25/h2-8H,9H2,1H3. The van der Waals surface area contributed by atoms with Crippen molar-refractivity contribution in [2.75, 3.05) is 13.7 Å². The maximum absolute atomic E-state index is 13.7. The van der Waals surface area contributed by atoms with E-state index in [1.54, 1.807) is 12.1 Å². The van der Waals surface area contributed by atoms with E-state index in [2.05, 4.69) is 63.7 Å². The number of carbonyl (C=O) groups is 4. The second-order valence-corrected chi connectivity index (χ2v) is 11.6. The Labute approximate surface area is 254 Å². The number of carbonyl (C=O) groups excluding carboxylic acids is 4. The Morgan fingerprint density at radius 1 is 0.865 bits per heavy atom. The lowest BCUT2D eigenvalue weighted by Gasteiger charge is -2.29. The van der Waals surface area contributed by atoms with Crippen LogP contribution in [0, 0.1) is 0 Å². The number of hydrazine groups is 1. The Bertz CT molecular complexity index is 1450. The van der Waals surface area contributed by atoms with Gasteiger partial charge in [0, 0.05) is 28.5 Å². The summed E-state index contributed by atoms with van der Waals surface area (Å²) in [5.41, 5.74) is 0.226. The van der Waals surface area contributed by atoms with Gasteiger partial charge in [-0.3, -0.25) is 19.2 Å². The molecule has 0 unspecified atom stereocenters. The first-order chi connectivity index (χ1) is 17.5. The molecule has 4 rings (SSSR count). The number of ketones is 1. The van der Waals surface area contributed by atoms with Crippen molar-refractivity contribution in [3.05, 3.63) is 92.7 Å². The van der Waals surface area contributed by atoms with Crippen LogP contribution < -0.4 is 4.74 Å². The van der Waals surface area contributed by atoms with Gasteiger partial charge < -0.3 is 4.74 Å². The van der Waals surface area contributed by atoms with E-state index in [1.807, 2.05) is 0 Å². The lowest BCUT2D eigenvalue weighted by atomic mass is 10.1. The van der Waals surface area contributed by atoms with E-state index in [9.17, 15) is 19.2 Å². The fraction of sp³-hybridized carbons (Fsp3) is 0.0833. The van der Waals surface area contributed by atoms with Crippen LogP contribution in [0.4, 0.5) is 0 Å². The maximum atomic E-state index is 13.7. The zero-order valence-electron chi connectivity index (χ0n) is 18.5. The summed E-state index contributed by atoms with van der Waals surface area (Å²) in [5.74, 6) is -2.45. The number of amides is 3. The van der Waals surface area contributed by atoms with E-state index < -0.39 is 30.0 Å². The van der Waals surface area contributed by atoms with E-state index in [-0.39, 0.29) is 32.3 Å². The Balaban J connectivity index is 1.82. The molecule has 0 fully saturated rings. The van der Waals surface area contributed by atoms with Gasteiger partial charge in [0.2, 0.25) is 0 Å². The van der Waals surface area contributed by atoms with Crippen molar-refractivity contribution in [2.45, 2.75) is 0 Å². The predicted octanol–water partition coefficient (Wildman–Crippen LogP) is 7.59. The van der Waals surface area contributed by atoms with E-state index in [0.717, 1.165) is 5.01 Å². The normalized spacial score (nSPS) is 12.6. The van der Waals surface area contributed by atoms with Gasteiger partial charge in [-0.1, -0.05) is 23.2 Å². The van der Waals surface area contributed by atoms with Crippen molar-refractivity contribution in [2.24, 2.45) is 0 Å². The molecule has 0 spiro atoms. The van der Waals surface area contributed by atoms with E-state index in [0.29, 0.717) is 28.6 Å². The molecule has 1 heterocycles. The van der Waals surface area contributed by atoms with Gasteiger partial charge in [0.05, 0.1) is 28.8 Å². The summed E-state index contributed by atoms with van der Waals surface area (Å²) in [6.07, 6.45) is 0. The highest BCUT2D eigenvalue weighted by Crippen LogP contribution is 2.45. The number of ether oxygens (including phenoxy) is 1. The number of methoxy groups -OCH3 is 1. The molecule has 0 aliphatic carbocycles. The number of hydrogen-bond acceptors (Lipinski definition) is 5. The molecule has 0 bridgehead atoms. The fourth-order valence-corrected chi connectivity index (χ4v) is 6.54. The van der Waals surface area contributed by atoms with Gasteiger partial charge in [0.1, 0.15) is 12.3 Å². The summed E-state index contributed by atoms with van der Waals surface area (Å²) in [7, 11) is 1.49. The van der Waals surface area contributed by atoms with Gasteiger partial charge in [-0.25, -0.2) is 5.01 Å². The molecule has 3 aromatic rings. The molecule has 0 saturated heterocycles. The Kier molecular flexibility index (Phi) is 8.52. The minimum Gasteiger partial charge on any atom is -0.497 e. The molecule has 1 aliphatic heterocycles. The first-order valence-electron chi connectivity index (χ1n) is 10.2. The number of hydrogen-bond donors (Lipinski definition) is 0. The summed E-state index contributed by atoms with van der Waals surface area (Å²) in [6, 6.07) is 10.3. The van der Waals surface area contributed by atoms with Gasteiger partial charge in [-0.05, 0) is 106 Å². The smallest absolute Gasteiger partial charge is 0.282 e. The monoisotopic (exact) mass is 794 g/mol. The first-order valence-corrected chi connectivity index (χ1v) is 14.1. The summed E-state index contributed by atoms with van der Waals surface area (Å²) in [6.45, 7) is -0.632. The molecule has 0 atom stereocenters. The van der Waals surface area contributed by atoms with Crippen LogP contribution in [-0.4, -0.2) is 47.2 Å². The predicted molar refractivity (Wildman–Crippen MR) is 153 cm³/mol. The Morgan fingerprint density at radius 3 is 1.89 bits per heavy atom. The van der Waals surface area contributed by atoms with E-state index in [1.165, 1.54) is 37.4 Å². The van der Waals surface area contributed by atoms with Crippen LogP contribution >= 0.6 is 86.9 Å². The third-order valence-corrected chi connectivity index (χ3v) is 10.7. The summed E-state index contributed by atoms with van der Waals surface area (Å²) in [5, 5.41) is 1.70. The third kappa shape index (κ3) is 5.14. The number of rotatable bonds is 6. The molecule has 7 nitrogen and oxygen atoms in total. The van der Waals surface area contributed by atoms with Crippen molar-refractivity contribution < 1.29 is 23.9 Å². The number of imide groups is 1. The molecule has 190 valence electrons. The number of benzene rings is 3. The van der Waals surface area contributed by atoms with Crippen LogP contribution in [0.5, 0.6) is 5.75 Å². The molecule has 13 heteroatoms. The van der Waals surface area contributed by atoms with Gasteiger partial charge >= 0.3 is 0 Å². The molecular formula is C24H12Br4Cl2N2O5. The van der Waals surface area contributed by atoms with Gasteiger partial charge in [0.25, 0.3) is 17.7 Å². The fourth-order valence-electron chi connectivity index (χ4n) is 3.60. The molecule has 0 aromatic heterocycles. The molecule has 37 heavy (non-hydrogen) atoms. The minimum atomic E-state index is -0.844. The van der Waals surface area contributed by atoms with Crippen molar-refractivity contribution in [1.82, 2.24) is 10.0 Å². The Hall–Kier alpha value is -1.76. The lowest BCUT2D eigenvalue weighted by molar-refractivity contribution is 0.00527. The van der Waals surface area contributed by atoms with Crippen LogP contribution in [-0.2, 0) is 0 Å². The van der Waals surface area contributed by atoms with E-state index >= 15 is 0 Å². The van der Waals surface area contributed by atoms with Gasteiger partial charge in [-0.2, -0.15) is 5.01 Å². The maximum Gasteiger partial charge on any atom is 0.282 e. The number of Topliss-reactive ketones (excluding diaryl/α,β-unsaturated/α-hetero) is 1. The number of halogens is 6. The van der Waals surface area contributed by atoms with Crippen LogP contribution in [0.1, 0.15) is 41.4 Å². The van der Waals surface area contributed by atoms with Crippen LogP contribution in [0.15, 0.2) is 60.4 Å². The summed E-state index contributed by atoms with van der Waals surface area (Å²) >= 11 is 25.7. The molecule has 0 radical (unpaired) electrons. The highest BCUT2D eigenvalue weighted by Gasteiger charge is 2.46. The van der Waals surface area contributed by atoms with Crippen LogP contribution in [0.2, 0.25) is 10.0 Å². The molecule has 1 aliphatic rings. The molecule has 0 N–H and O–H groups in total. The van der Waals surface area contributed by atoms with Crippen molar-refractivity contribution in [1.29, 1.82) is 0 Å². The average Bonchev–Trinajstić information content (AvgIpc) is 3.14. The molecule has 0 saturated carbocycles. The van der Waals surface area contributed by atoms with Gasteiger partial charge in [-0.15, -0.1) is 0 Å². The lowest BCUT2D eigenvalue weighted by Crippen LogP contribution is -2.51. The van der Waals surface area contributed by atoms with Gasteiger partial charge in [0.15, 0.2) is 5.78 Å². The molecule has 3 amide bonds. The summed E-state index contributed by atoms with van der Waals surface area (Å²) < 4.78 is 6.69. The van der Waals surface area contributed by atoms with Crippen molar-refractivity contribution in [3.63, 3.8) is 0 Å². The van der Waals surface area contributed by atoms with Crippen molar-refractivity contribution in [3.8, 4) is 5.75 Å². The number of fused-ring (bicyclic) bond motifs is 1. The second-order valence-electron chi connectivity index (χ2n) is 7.57. The highest BCUT2D eigenvalue weighted by molar-refractivity contribution is 9.15. The quantitative estimate of drug-likeness (QED) is 0.111. The molecular weight excluding hydrogens is 787 g/mol. The SMILES string of the molecule is COc1ccc(C(=O)CN(C(=O)c2ccc(Cl)cc2Cl)N2C(=O)c3c(Br)c(Br)c(Br)c(Br)c3C2=O)cc1. The molecule has 3 aromatic carbocycles. The van der Waals surface area contributed by atoms with Crippen LogP contribution in [0.25, 0.3) is 0 Å². The zero-order chi connectivity index (χ0) is 27.2. The topological polar surface area (TPSA) is 84.0 Å². The first kappa shape index (κ1) is 28.3. The second kappa shape index (κ2) is 11.2. The average molecular weight is 799 g/mol.